The maximum atomic E-state index is 12.3. The van der Waals surface area contributed by atoms with Crippen molar-refractivity contribution in [2.45, 2.75) is 69.2 Å². The molecule has 2 aliphatic rings. The third-order valence-electron chi connectivity index (χ3n) is 7.04. The minimum atomic E-state index is -0.854. The van der Waals surface area contributed by atoms with Gasteiger partial charge in [-0.15, -0.1) is 0 Å². The number of pyridine rings is 1. The zero-order valence-corrected chi connectivity index (χ0v) is 20.4. The lowest BCUT2D eigenvalue weighted by Crippen LogP contribution is -2.52. The quantitative estimate of drug-likeness (QED) is 0.481. The molecule has 1 amide bonds. The Bertz CT molecular complexity index is 1080. The number of rotatable bonds is 10. The van der Waals surface area contributed by atoms with Crippen molar-refractivity contribution >= 4 is 5.91 Å². The second-order valence-corrected chi connectivity index (χ2v) is 9.59. The maximum Gasteiger partial charge on any atom is 0.246 e. The van der Waals surface area contributed by atoms with E-state index in [1.807, 2.05) is 18.3 Å². The monoisotopic (exact) mass is 478 g/mol. The molecular weight excluding hydrogens is 444 g/mol. The first kappa shape index (κ1) is 25.1. The summed E-state index contributed by atoms with van der Waals surface area (Å²) in [5.74, 6) is 0.382. The Balaban J connectivity index is 1.49. The molecule has 1 spiro atoms. The highest BCUT2D eigenvalue weighted by Gasteiger charge is 2.46. The summed E-state index contributed by atoms with van der Waals surface area (Å²) in [6, 6.07) is 11.0. The summed E-state index contributed by atoms with van der Waals surface area (Å²) in [7, 11) is 1.46. The number of aliphatic hydroxyl groups is 1. The van der Waals surface area contributed by atoms with Crippen molar-refractivity contribution in [1.82, 2.24) is 15.6 Å². The molecule has 0 bridgehead atoms. The van der Waals surface area contributed by atoms with Gasteiger partial charge in [0.05, 0.1) is 23.8 Å². The molecule has 1 aromatic heterocycles. The molecule has 186 valence electrons. The number of carbonyl (C=O) groups excluding carboxylic acids is 1. The van der Waals surface area contributed by atoms with Crippen LogP contribution in [0.25, 0.3) is 0 Å². The summed E-state index contributed by atoms with van der Waals surface area (Å²) in [5, 5.41) is 26.8. The number of hydrogen-bond acceptors (Lipinski definition) is 7. The standard InChI is InChI=1S/C27H34N4O4/c1-3-18-11-21-23(13-27(8-5-9-27)35-26(21)30-15-18)29-16-24(32)22(31-25(33)17-34-2)12-19-6-4-7-20(10-19)14-28/h4,6-7,10-11,15,22-24,29,32H,3,5,8-9,12-13,16-17H2,1-2H3,(H,31,33)/t22-,23-,24-/m0/s1. The Kier molecular flexibility index (Phi) is 8.01. The van der Waals surface area contributed by atoms with Crippen molar-refractivity contribution in [3.05, 3.63) is 58.8 Å². The number of nitrogens with one attached hydrogen (secondary N) is 2. The van der Waals surface area contributed by atoms with Gasteiger partial charge >= 0.3 is 0 Å². The van der Waals surface area contributed by atoms with Gasteiger partial charge in [0.2, 0.25) is 11.8 Å². The van der Waals surface area contributed by atoms with Gasteiger partial charge in [0.1, 0.15) is 12.2 Å². The minimum absolute atomic E-state index is 0.00458. The van der Waals surface area contributed by atoms with Gasteiger partial charge < -0.3 is 25.2 Å². The Morgan fingerprint density at radius 3 is 2.89 bits per heavy atom. The van der Waals surface area contributed by atoms with E-state index in [1.54, 1.807) is 12.1 Å². The average molecular weight is 479 g/mol. The maximum absolute atomic E-state index is 12.3. The van der Waals surface area contributed by atoms with Crippen LogP contribution in [0.1, 0.15) is 60.9 Å². The number of ether oxygens (including phenoxy) is 2. The number of fused-ring (bicyclic) bond motifs is 1. The molecule has 2 aromatic rings. The number of methoxy groups -OCH3 is 1. The van der Waals surface area contributed by atoms with Gasteiger partial charge in [-0.05, 0) is 61.4 Å². The molecule has 1 saturated carbocycles. The molecule has 2 heterocycles. The third-order valence-corrected chi connectivity index (χ3v) is 7.04. The first-order chi connectivity index (χ1) is 16.9. The van der Waals surface area contributed by atoms with Crippen LogP contribution in [0.4, 0.5) is 0 Å². The Hall–Kier alpha value is -2.99. The van der Waals surface area contributed by atoms with Gasteiger partial charge in [-0.2, -0.15) is 5.26 Å². The number of aliphatic hydroxyl groups excluding tert-OH is 1. The van der Waals surface area contributed by atoms with E-state index in [0.29, 0.717) is 17.9 Å². The van der Waals surface area contributed by atoms with E-state index < -0.39 is 12.1 Å². The second-order valence-electron chi connectivity index (χ2n) is 9.59. The SMILES string of the molecule is CCc1cnc2c(c1)[C@@H](NC[C@H](O)[C@H](Cc1cccc(C#N)c1)NC(=O)COC)CC1(CCC1)O2. The predicted molar refractivity (Wildman–Crippen MR) is 131 cm³/mol. The predicted octanol–water partition coefficient (Wildman–Crippen LogP) is 2.59. The molecular formula is C27H34N4O4. The number of nitrogens with zero attached hydrogens (tertiary/aromatic N) is 2. The van der Waals surface area contributed by atoms with E-state index in [0.717, 1.165) is 48.8 Å². The van der Waals surface area contributed by atoms with Gasteiger partial charge in [0.25, 0.3) is 0 Å². The molecule has 1 aliphatic heterocycles. The second kappa shape index (κ2) is 11.2. The van der Waals surface area contributed by atoms with Crippen LogP contribution in [-0.4, -0.2) is 54.0 Å². The van der Waals surface area contributed by atoms with Crippen molar-refractivity contribution in [3.63, 3.8) is 0 Å². The number of nitriles is 1. The van der Waals surface area contributed by atoms with Crippen molar-refractivity contribution in [1.29, 1.82) is 5.26 Å². The van der Waals surface area contributed by atoms with Crippen molar-refractivity contribution < 1.29 is 19.4 Å². The molecule has 1 aliphatic carbocycles. The highest BCUT2D eigenvalue weighted by atomic mass is 16.5. The minimum Gasteiger partial charge on any atom is -0.471 e. The van der Waals surface area contributed by atoms with E-state index in [4.69, 9.17) is 9.47 Å². The highest BCUT2D eigenvalue weighted by Crippen LogP contribution is 2.48. The lowest BCUT2D eigenvalue weighted by Gasteiger charge is -2.47. The van der Waals surface area contributed by atoms with Crippen LogP contribution in [0.15, 0.2) is 36.5 Å². The van der Waals surface area contributed by atoms with E-state index in [9.17, 15) is 15.2 Å². The molecule has 8 nitrogen and oxygen atoms in total. The van der Waals surface area contributed by atoms with Gasteiger partial charge in [-0.25, -0.2) is 4.98 Å². The van der Waals surface area contributed by atoms with Crippen molar-refractivity contribution in [3.8, 4) is 11.9 Å². The highest BCUT2D eigenvalue weighted by molar-refractivity contribution is 5.77. The average Bonchev–Trinajstić information content (AvgIpc) is 2.85. The molecule has 1 aromatic carbocycles. The Labute approximate surface area is 206 Å². The number of aryl methyl sites for hydroxylation is 1. The summed E-state index contributed by atoms with van der Waals surface area (Å²) < 4.78 is 11.3. The largest absolute Gasteiger partial charge is 0.471 e. The molecule has 3 atom stereocenters. The molecule has 3 N–H and O–H groups in total. The summed E-state index contributed by atoms with van der Waals surface area (Å²) in [4.78, 5) is 16.9. The number of hydrogen-bond donors (Lipinski definition) is 3. The van der Waals surface area contributed by atoms with Gasteiger partial charge in [-0.1, -0.05) is 19.1 Å². The Morgan fingerprint density at radius 1 is 1.37 bits per heavy atom. The Morgan fingerprint density at radius 2 is 2.20 bits per heavy atom. The van der Waals surface area contributed by atoms with Crippen LogP contribution < -0.4 is 15.4 Å². The summed E-state index contributed by atoms with van der Waals surface area (Å²) >= 11 is 0. The zero-order chi connectivity index (χ0) is 24.8. The molecule has 0 saturated heterocycles. The molecule has 8 heteroatoms. The summed E-state index contributed by atoms with van der Waals surface area (Å²) in [6.45, 7) is 2.30. The fraction of sp³-hybridized carbons (Fsp3) is 0.519. The van der Waals surface area contributed by atoms with Gasteiger partial charge in [0, 0.05) is 37.9 Å². The van der Waals surface area contributed by atoms with Gasteiger partial charge in [-0.3, -0.25) is 4.79 Å². The van der Waals surface area contributed by atoms with E-state index in [2.05, 4.69) is 34.7 Å². The van der Waals surface area contributed by atoms with E-state index >= 15 is 0 Å². The van der Waals surface area contributed by atoms with Crippen LogP contribution in [0.2, 0.25) is 0 Å². The van der Waals surface area contributed by atoms with Gasteiger partial charge in [0.15, 0.2) is 0 Å². The first-order valence-electron chi connectivity index (χ1n) is 12.3. The fourth-order valence-corrected chi connectivity index (χ4v) is 4.92. The number of amides is 1. The molecule has 1 fully saturated rings. The molecule has 0 unspecified atom stereocenters. The molecule has 4 rings (SSSR count). The zero-order valence-electron chi connectivity index (χ0n) is 20.4. The smallest absolute Gasteiger partial charge is 0.246 e. The van der Waals surface area contributed by atoms with Crippen LogP contribution in [0.5, 0.6) is 5.88 Å². The normalized spacial score (nSPS) is 19.5. The lowest BCUT2D eigenvalue weighted by atomic mass is 9.73. The number of benzene rings is 1. The number of carbonyl (C=O) groups is 1. The summed E-state index contributed by atoms with van der Waals surface area (Å²) in [6.07, 6.45) is 6.29. The lowest BCUT2D eigenvalue weighted by molar-refractivity contribution is -0.126. The van der Waals surface area contributed by atoms with Crippen molar-refractivity contribution in [2.24, 2.45) is 0 Å². The van der Waals surface area contributed by atoms with Crippen LogP contribution in [-0.2, 0) is 22.4 Å². The van der Waals surface area contributed by atoms with Crippen LogP contribution in [0, 0.1) is 11.3 Å². The van der Waals surface area contributed by atoms with Crippen molar-refractivity contribution in [2.75, 3.05) is 20.3 Å². The van der Waals surface area contributed by atoms with Crippen LogP contribution >= 0.6 is 0 Å². The molecule has 0 radical (unpaired) electrons. The third kappa shape index (κ3) is 5.99. The van der Waals surface area contributed by atoms with E-state index in [-0.39, 0.29) is 30.7 Å². The topological polar surface area (TPSA) is 116 Å². The fourth-order valence-electron chi connectivity index (χ4n) is 4.92. The number of aromatic nitrogens is 1. The first-order valence-corrected chi connectivity index (χ1v) is 12.3. The van der Waals surface area contributed by atoms with E-state index in [1.165, 1.54) is 7.11 Å². The summed E-state index contributed by atoms with van der Waals surface area (Å²) in [5.41, 5.74) is 3.40. The molecule has 35 heavy (non-hydrogen) atoms. The van der Waals surface area contributed by atoms with Crippen LogP contribution in [0.3, 0.4) is 0 Å².